The molecule has 0 aromatic heterocycles. The van der Waals surface area contributed by atoms with Crippen molar-refractivity contribution >= 4 is 69.6 Å². The standard InChI is InChI=1S/C26H16Cl4N2O3/c27-15-1-11-21(23(29)13-15)25(33)31-17-3-7-19(8-4-17)35-20-9-5-18(6-10-20)32-26(34)22-12-2-16(28)14-24(22)30/h1-14H,(H,31,33)(H,32,34). The molecule has 2 N–H and O–H groups in total. The summed E-state index contributed by atoms with van der Waals surface area (Å²) < 4.78 is 5.84. The van der Waals surface area contributed by atoms with Gasteiger partial charge < -0.3 is 15.4 Å². The van der Waals surface area contributed by atoms with E-state index in [0.29, 0.717) is 44.0 Å². The van der Waals surface area contributed by atoms with E-state index in [1.165, 1.54) is 12.1 Å². The predicted molar refractivity (Wildman–Crippen MR) is 142 cm³/mol. The topological polar surface area (TPSA) is 67.4 Å². The normalized spacial score (nSPS) is 10.5. The second-order valence-electron chi connectivity index (χ2n) is 7.31. The lowest BCUT2D eigenvalue weighted by molar-refractivity contribution is 0.101. The molecule has 9 heteroatoms. The van der Waals surface area contributed by atoms with Crippen LogP contribution < -0.4 is 15.4 Å². The molecule has 0 unspecified atom stereocenters. The Morgan fingerprint density at radius 1 is 0.543 bits per heavy atom. The average Bonchev–Trinajstić information content (AvgIpc) is 2.81. The van der Waals surface area contributed by atoms with Crippen molar-refractivity contribution in [3.8, 4) is 11.5 Å². The molecular formula is C26H16Cl4N2O3. The Labute approximate surface area is 221 Å². The third-order valence-electron chi connectivity index (χ3n) is 4.81. The van der Waals surface area contributed by atoms with Gasteiger partial charge in [-0.25, -0.2) is 0 Å². The van der Waals surface area contributed by atoms with Gasteiger partial charge in [0.15, 0.2) is 0 Å². The number of amides is 2. The first-order valence-corrected chi connectivity index (χ1v) is 11.7. The highest BCUT2D eigenvalue weighted by molar-refractivity contribution is 6.37. The molecule has 2 amide bonds. The van der Waals surface area contributed by atoms with Gasteiger partial charge in [-0.05, 0) is 84.9 Å². The molecule has 4 aromatic rings. The minimum absolute atomic E-state index is 0.269. The van der Waals surface area contributed by atoms with Crippen molar-refractivity contribution in [2.45, 2.75) is 0 Å². The van der Waals surface area contributed by atoms with Crippen LogP contribution in [0.2, 0.25) is 20.1 Å². The van der Waals surface area contributed by atoms with Crippen LogP contribution >= 0.6 is 46.4 Å². The number of rotatable bonds is 6. The fourth-order valence-corrected chi connectivity index (χ4v) is 4.08. The molecule has 4 rings (SSSR count). The first kappa shape index (κ1) is 24.9. The van der Waals surface area contributed by atoms with Crippen LogP contribution in [0.3, 0.4) is 0 Å². The molecule has 0 bridgehead atoms. The van der Waals surface area contributed by atoms with Gasteiger partial charge in [0, 0.05) is 21.4 Å². The molecule has 5 nitrogen and oxygen atoms in total. The zero-order chi connectivity index (χ0) is 24.9. The summed E-state index contributed by atoms with van der Waals surface area (Å²) in [5.41, 5.74) is 1.79. The van der Waals surface area contributed by atoms with E-state index in [1.54, 1.807) is 72.8 Å². The highest BCUT2D eigenvalue weighted by Crippen LogP contribution is 2.27. The minimum Gasteiger partial charge on any atom is -0.457 e. The number of anilines is 2. The maximum absolute atomic E-state index is 12.4. The molecule has 0 spiro atoms. The SMILES string of the molecule is O=C(Nc1ccc(Oc2ccc(NC(=O)c3ccc(Cl)cc3Cl)cc2)cc1)c1ccc(Cl)cc1Cl. The molecule has 0 heterocycles. The largest absolute Gasteiger partial charge is 0.457 e. The Morgan fingerprint density at radius 3 is 1.26 bits per heavy atom. The monoisotopic (exact) mass is 544 g/mol. The number of hydrogen-bond acceptors (Lipinski definition) is 3. The Balaban J connectivity index is 1.35. The van der Waals surface area contributed by atoms with Crippen LogP contribution in [0.5, 0.6) is 11.5 Å². The summed E-state index contributed by atoms with van der Waals surface area (Å²) in [6.07, 6.45) is 0. The third kappa shape index (κ3) is 6.47. The van der Waals surface area contributed by atoms with E-state index in [9.17, 15) is 9.59 Å². The van der Waals surface area contributed by atoms with Crippen molar-refractivity contribution < 1.29 is 14.3 Å². The van der Waals surface area contributed by atoms with Crippen molar-refractivity contribution in [1.29, 1.82) is 0 Å². The average molecular weight is 546 g/mol. The van der Waals surface area contributed by atoms with Gasteiger partial charge in [0.25, 0.3) is 11.8 Å². The van der Waals surface area contributed by atoms with E-state index in [4.69, 9.17) is 51.1 Å². The summed E-state index contributed by atoms with van der Waals surface area (Å²) in [5, 5.41) is 7.00. The van der Waals surface area contributed by atoms with Crippen LogP contribution in [-0.4, -0.2) is 11.8 Å². The van der Waals surface area contributed by atoms with Crippen molar-refractivity contribution in [3.63, 3.8) is 0 Å². The van der Waals surface area contributed by atoms with Crippen LogP contribution in [0.1, 0.15) is 20.7 Å². The molecule has 0 radical (unpaired) electrons. The van der Waals surface area contributed by atoms with Crippen molar-refractivity contribution in [2.24, 2.45) is 0 Å². The first-order valence-electron chi connectivity index (χ1n) is 10.2. The van der Waals surface area contributed by atoms with Crippen LogP contribution in [0, 0.1) is 0 Å². The van der Waals surface area contributed by atoms with Crippen molar-refractivity contribution in [3.05, 3.63) is 116 Å². The zero-order valence-electron chi connectivity index (χ0n) is 17.8. The molecule has 0 saturated carbocycles. The number of carbonyl (C=O) groups is 2. The summed E-state index contributed by atoms with van der Waals surface area (Å²) in [4.78, 5) is 24.9. The highest BCUT2D eigenvalue weighted by Gasteiger charge is 2.12. The van der Waals surface area contributed by atoms with Gasteiger partial charge in [-0.1, -0.05) is 46.4 Å². The van der Waals surface area contributed by atoms with E-state index in [-0.39, 0.29) is 21.9 Å². The Morgan fingerprint density at radius 2 is 0.914 bits per heavy atom. The molecule has 0 atom stereocenters. The lowest BCUT2D eigenvalue weighted by Crippen LogP contribution is -2.12. The molecular weight excluding hydrogens is 530 g/mol. The lowest BCUT2D eigenvalue weighted by Gasteiger charge is -2.10. The molecule has 0 fully saturated rings. The molecule has 4 aromatic carbocycles. The Hall–Kier alpha value is -3.22. The maximum Gasteiger partial charge on any atom is 0.257 e. The van der Waals surface area contributed by atoms with Crippen molar-refractivity contribution in [1.82, 2.24) is 0 Å². The van der Waals surface area contributed by atoms with Gasteiger partial charge in [0.2, 0.25) is 0 Å². The van der Waals surface area contributed by atoms with E-state index in [2.05, 4.69) is 10.6 Å². The maximum atomic E-state index is 12.4. The Bertz CT molecular complexity index is 1280. The molecule has 0 aliphatic carbocycles. The van der Waals surface area contributed by atoms with Crippen molar-refractivity contribution in [2.75, 3.05) is 10.6 Å². The van der Waals surface area contributed by atoms with E-state index >= 15 is 0 Å². The summed E-state index contributed by atoms with van der Waals surface area (Å²) in [5.74, 6) is 0.435. The molecule has 0 saturated heterocycles. The first-order chi connectivity index (χ1) is 16.8. The van der Waals surface area contributed by atoms with Gasteiger partial charge in [-0.15, -0.1) is 0 Å². The quantitative estimate of drug-likeness (QED) is 0.255. The minimum atomic E-state index is -0.349. The second kappa shape index (κ2) is 11.0. The van der Waals surface area contributed by atoms with Gasteiger partial charge >= 0.3 is 0 Å². The van der Waals surface area contributed by atoms with Gasteiger partial charge in [-0.2, -0.15) is 0 Å². The van der Waals surface area contributed by atoms with Gasteiger partial charge in [0.1, 0.15) is 11.5 Å². The second-order valence-corrected chi connectivity index (χ2v) is 8.99. The molecule has 0 aliphatic rings. The predicted octanol–water partition coefficient (Wildman–Crippen LogP) is 8.60. The number of hydrogen-bond donors (Lipinski definition) is 2. The zero-order valence-corrected chi connectivity index (χ0v) is 20.8. The summed E-state index contributed by atoms with van der Waals surface area (Å²) >= 11 is 23.9. The smallest absolute Gasteiger partial charge is 0.257 e. The molecule has 35 heavy (non-hydrogen) atoms. The summed E-state index contributed by atoms with van der Waals surface area (Å²) in [7, 11) is 0. The number of halogens is 4. The van der Waals surface area contributed by atoms with Crippen LogP contribution in [0.25, 0.3) is 0 Å². The molecule has 176 valence electrons. The van der Waals surface area contributed by atoms with Crippen LogP contribution in [-0.2, 0) is 0 Å². The van der Waals surface area contributed by atoms with Crippen LogP contribution in [0.4, 0.5) is 11.4 Å². The fourth-order valence-electron chi connectivity index (χ4n) is 3.09. The van der Waals surface area contributed by atoms with Gasteiger partial charge in [0.05, 0.1) is 21.2 Å². The molecule has 0 aliphatic heterocycles. The van der Waals surface area contributed by atoms with E-state index in [0.717, 1.165) is 0 Å². The number of ether oxygens (including phenoxy) is 1. The number of carbonyl (C=O) groups excluding carboxylic acids is 2. The van der Waals surface area contributed by atoms with Gasteiger partial charge in [-0.3, -0.25) is 9.59 Å². The third-order valence-corrected chi connectivity index (χ3v) is 5.91. The van der Waals surface area contributed by atoms with E-state index in [1.807, 2.05) is 0 Å². The highest BCUT2D eigenvalue weighted by atomic mass is 35.5. The lowest BCUT2D eigenvalue weighted by atomic mass is 10.2. The fraction of sp³-hybridized carbons (Fsp3) is 0. The summed E-state index contributed by atoms with van der Waals surface area (Å²) in [6.45, 7) is 0. The van der Waals surface area contributed by atoms with Crippen LogP contribution in [0.15, 0.2) is 84.9 Å². The summed E-state index contributed by atoms with van der Waals surface area (Å²) in [6, 6.07) is 23.1. The number of benzene rings is 4. The van der Waals surface area contributed by atoms with E-state index < -0.39 is 0 Å². The number of nitrogens with one attached hydrogen (secondary N) is 2. The Kier molecular flexibility index (Phi) is 7.83.